The highest BCUT2D eigenvalue weighted by Gasteiger charge is 2.16. The summed E-state index contributed by atoms with van der Waals surface area (Å²) in [7, 11) is 2.08. The number of hydrogen-bond acceptors (Lipinski definition) is 7. The number of carbonyl (C=O) groups excluding carboxylic acids is 1. The van der Waals surface area contributed by atoms with Crippen molar-refractivity contribution >= 4 is 23.2 Å². The average molecular weight is 356 g/mol. The van der Waals surface area contributed by atoms with Crippen LogP contribution in [0.15, 0.2) is 36.7 Å². The van der Waals surface area contributed by atoms with Crippen molar-refractivity contribution in [3.05, 3.63) is 52.3 Å². The van der Waals surface area contributed by atoms with Gasteiger partial charge >= 0.3 is 0 Å². The number of nitrogens with one attached hydrogen (secondary N) is 1. The number of nitro benzene ring substituents is 1. The molecule has 0 saturated carbocycles. The van der Waals surface area contributed by atoms with E-state index in [1.54, 1.807) is 18.2 Å². The van der Waals surface area contributed by atoms with Gasteiger partial charge in [0, 0.05) is 44.4 Å². The van der Waals surface area contributed by atoms with Gasteiger partial charge in [0.2, 0.25) is 5.91 Å². The van der Waals surface area contributed by atoms with Gasteiger partial charge in [-0.15, -0.1) is 0 Å². The molecule has 1 aromatic carbocycles. The maximum atomic E-state index is 12.2. The fourth-order valence-corrected chi connectivity index (χ4v) is 2.73. The van der Waals surface area contributed by atoms with Gasteiger partial charge in [-0.2, -0.15) is 0 Å². The van der Waals surface area contributed by atoms with Crippen molar-refractivity contribution in [2.45, 2.75) is 6.42 Å². The van der Waals surface area contributed by atoms with Crippen LogP contribution < -0.4 is 10.2 Å². The lowest BCUT2D eigenvalue weighted by molar-refractivity contribution is -0.384. The maximum Gasteiger partial charge on any atom is 0.269 e. The number of aromatic nitrogens is 2. The summed E-state index contributed by atoms with van der Waals surface area (Å²) in [6.07, 6.45) is 1.56. The number of piperazine rings is 1. The van der Waals surface area contributed by atoms with Gasteiger partial charge in [-0.05, 0) is 12.6 Å². The molecule has 1 fully saturated rings. The summed E-state index contributed by atoms with van der Waals surface area (Å²) < 4.78 is 0. The second kappa shape index (κ2) is 7.87. The SMILES string of the molecule is CN1CCN(c2cc(NC(=O)Cc3ccc([N+](=O)[O-])cc3)ncn2)CC1. The first kappa shape index (κ1) is 17.7. The van der Waals surface area contributed by atoms with Crippen LogP contribution in [-0.2, 0) is 11.2 Å². The molecule has 1 N–H and O–H groups in total. The molecule has 3 rings (SSSR count). The number of hydrogen-bond donors (Lipinski definition) is 1. The van der Waals surface area contributed by atoms with Crippen LogP contribution in [0, 0.1) is 10.1 Å². The third-order valence-corrected chi connectivity index (χ3v) is 4.26. The van der Waals surface area contributed by atoms with Gasteiger partial charge in [0.25, 0.3) is 5.69 Å². The van der Waals surface area contributed by atoms with E-state index >= 15 is 0 Å². The van der Waals surface area contributed by atoms with Gasteiger partial charge in [-0.25, -0.2) is 9.97 Å². The number of carbonyl (C=O) groups is 1. The van der Waals surface area contributed by atoms with Gasteiger partial charge < -0.3 is 15.1 Å². The Morgan fingerprint density at radius 3 is 2.54 bits per heavy atom. The zero-order valence-corrected chi connectivity index (χ0v) is 14.5. The van der Waals surface area contributed by atoms with Crippen molar-refractivity contribution in [1.82, 2.24) is 14.9 Å². The van der Waals surface area contributed by atoms with Crippen LogP contribution in [0.1, 0.15) is 5.56 Å². The number of nitrogens with zero attached hydrogens (tertiary/aromatic N) is 5. The van der Waals surface area contributed by atoms with Gasteiger partial charge in [-0.1, -0.05) is 12.1 Å². The lowest BCUT2D eigenvalue weighted by Crippen LogP contribution is -2.44. The predicted molar refractivity (Wildman–Crippen MR) is 97.2 cm³/mol. The molecule has 1 saturated heterocycles. The fraction of sp³-hybridized carbons (Fsp3) is 0.353. The molecule has 0 radical (unpaired) electrons. The Hall–Kier alpha value is -3.07. The zero-order chi connectivity index (χ0) is 18.5. The number of nitro groups is 1. The van der Waals surface area contributed by atoms with E-state index in [2.05, 4.69) is 32.1 Å². The minimum Gasteiger partial charge on any atom is -0.354 e. The van der Waals surface area contributed by atoms with Crippen LogP contribution >= 0.6 is 0 Å². The van der Waals surface area contributed by atoms with E-state index in [0.29, 0.717) is 11.4 Å². The average Bonchev–Trinajstić information content (AvgIpc) is 2.63. The third kappa shape index (κ3) is 4.51. The summed E-state index contributed by atoms with van der Waals surface area (Å²) >= 11 is 0. The molecule has 9 nitrogen and oxygen atoms in total. The molecule has 136 valence electrons. The topological polar surface area (TPSA) is 104 Å². The van der Waals surface area contributed by atoms with Gasteiger partial charge in [0.1, 0.15) is 18.0 Å². The number of non-ortho nitro benzene ring substituents is 1. The molecule has 0 atom stereocenters. The molecule has 0 spiro atoms. The van der Waals surface area contributed by atoms with E-state index in [-0.39, 0.29) is 18.0 Å². The second-order valence-electron chi connectivity index (χ2n) is 6.20. The molecule has 0 unspecified atom stereocenters. The minimum atomic E-state index is -0.468. The van der Waals surface area contributed by atoms with Crippen LogP contribution in [0.5, 0.6) is 0 Å². The van der Waals surface area contributed by atoms with Crippen LogP contribution in [0.3, 0.4) is 0 Å². The molecule has 9 heteroatoms. The third-order valence-electron chi connectivity index (χ3n) is 4.26. The molecule has 1 aliphatic rings. The van der Waals surface area contributed by atoms with E-state index < -0.39 is 4.92 Å². The lowest BCUT2D eigenvalue weighted by Gasteiger charge is -2.33. The Morgan fingerprint density at radius 2 is 1.88 bits per heavy atom. The van der Waals surface area contributed by atoms with E-state index in [0.717, 1.165) is 32.0 Å². The van der Waals surface area contributed by atoms with Crippen LogP contribution in [0.25, 0.3) is 0 Å². The summed E-state index contributed by atoms with van der Waals surface area (Å²) in [6.45, 7) is 3.69. The molecule has 1 aromatic heterocycles. The summed E-state index contributed by atoms with van der Waals surface area (Å²) in [6, 6.07) is 7.69. The Balaban J connectivity index is 1.60. The summed E-state index contributed by atoms with van der Waals surface area (Å²) in [4.78, 5) is 35.2. The summed E-state index contributed by atoms with van der Waals surface area (Å²) in [5.41, 5.74) is 0.697. The minimum absolute atomic E-state index is 0.00165. The number of likely N-dealkylation sites (N-methyl/N-ethyl adjacent to an activating group) is 1. The first-order valence-corrected chi connectivity index (χ1v) is 8.30. The Bertz CT molecular complexity index is 787. The highest BCUT2D eigenvalue weighted by Crippen LogP contribution is 2.17. The first-order valence-electron chi connectivity index (χ1n) is 8.30. The van der Waals surface area contributed by atoms with E-state index in [1.807, 2.05) is 0 Å². The number of rotatable bonds is 5. The quantitative estimate of drug-likeness (QED) is 0.636. The van der Waals surface area contributed by atoms with Crippen LogP contribution in [0.4, 0.5) is 17.3 Å². The molecule has 1 aliphatic heterocycles. The highest BCUT2D eigenvalue weighted by atomic mass is 16.6. The van der Waals surface area contributed by atoms with Crippen LogP contribution in [-0.4, -0.2) is 58.9 Å². The van der Waals surface area contributed by atoms with Crippen molar-refractivity contribution in [3.8, 4) is 0 Å². The van der Waals surface area contributed by atoms with Gasteiger partial charge in [-0.3, -0.25) is 14.9 Å². The first-order chi connectivity index (χ1) is 12.5. The van der Waals surface area contributed by atoms with Crippen molar-refractivity contribution in [2.75, 3.05) is 43.4 Å². The van der Waals surface area contributed by atoms with Crippen molar-refractivity contribution in [1.29, 1.82) is 0 Å². The van der Waals surface area contributed by atoms with Gasteiger partial charge in [0.15, 0.2) is 0 Å². The fourth-order valence-electron chi connectivity index (χ4n) is 2.73. The molecule has 2 heterocycles. The number of benzene rings is 1. The largest absolute Gasteiger partial charge is 0.354 e. The van der Waals surface area contributed by atoms with E-state index in [4.69, 9.17) is 0 Å². The van der Waals surface area contributed by atoms with Crippen LogP contribution in [0.2, 0.25) is 0 Å². The monoisotopic (exact) mass is 356 g/mol. The molecular formula is C17H20N6O3. The smallest absolute Gasteiger partial charge is 0.269 e. The highest BCUT2D eigenvalue weighted by molar-refractivity contribution is 5.91. The molecule has 26 heavy (non-hydrogen) atoms. The van der Waals surface area contributed by atoms with E-state index in [1.165, 1.54) is 18.5 Å². The summed E-state index contributed by atoms with van der Waals surface area (Å²) in [5.74, 6) is 1.00. The standard InChI is InChI=1S/C17H20N6O3/c1-21-6-8-22(9-7-21)16-11-15(18-12-19-16)20-17(24)10-13-2-4-14(5-3-13)23(25)26/h2-5,11-12H,6-10H2,1H3,(H,18,19,20,24). The van der Waals surface area contributed by atoms with Crippen molar-refractivity contribution in [3.63, 3.8) is 0 Å². The predicted octanol–water partition coefficient (Wildman–Crippen LogP) is 1.32. The Labute approximate surface area is 150 Å². The zero-order valence-electron chi connectivity index (χ0n) is 14.5. The lowest BCUT2D eigenvalue weighted by atomic mass is 10.1. The van der Waals surface area contributed by atoms with E-state index in [9.17, 15) is 14.9 Å². The van der Waals surface area contributed by atoms with Crippen molar-refractivity contribution < 1.29 is 9.72 Å². The van der Waals surface area contributed by atoms with Crippen molar-refractivity contribution in [2.24, 2.45) is 0 Å². The molecule has 2 aromatic rings. The molecule has 0 aliphatic carbocycles. The summed E-state index contributed by atoms with van der Waals surface area (Å²) in [5, 5.41) is 13.4. The molecular weight excluding hydrogens is 336 g/mol. The van der Waals surface area contributed by atoms with Gasteiger partial charge in [0.05, 0.1) is 11.3 Å². The molecule has 1 amide bonds. The maximum absolute atomic E-state index is 12.2. The Morgan fingerprint density at radius 1 is 1.19 bits per heavy atom. The number of amides is 1. The number of anilines is 2. The Kier molecular flexibility index (Phi) is 5.37. The molecule has 0 bridgehead atoms. The normalized spacial score (nSPS) is 14.9. The second-order valence-corrected chi connectivity index (χ2v) is 6.20.